The summed E-state index contributed by atoms with van der Waals surface area (Å²) in [5.41, 5.74) is 0.843. The summed E-state index contributed by atoms with van der Waals surface area (Å²) in [5, 5.41) is 3.36. The van der Waals surface area contributed by atoms with Gasteiger partial charge in [0, 0.05) is 16.2 Å². The third kappa shape index (κ3) is 3.69. The number of carbonyl (C=O) groups is 1. The van der Waals surface area contributed by atoms with Crippen LogP contribution in [0, 0.1) is 3.57 Å². The van der Waals surface area contributed by atoms with Crippen LogP contribution in [0.4, 0.5) is 0 Å². The van der Waals surface area contributed by atoms with Gasteiger partial charge in [0.25, 0.3) is 5.91 Å². The van der Waals surface area contributed by atoms with E-state index in [-0.39, 0.29) is 5.91 Å². The standard InChI is InChI=1S/C15H21IN2O/c1-2-11-18(12-7-9-17-10-8-12)15(19)13-5-3-4-6-14(13)16/h3-6,12,17H,2,7-11H2,1H3. The number of carbonyl (C=O) groups excluding carboxylic acids is 1. The molecule has 0 unspecified atom stereocenters. The Balaban J connectivity index is 2.18. The van der Waals surface area contributed by atoms with Crippen molar-refractivity contribution in [1.82, 2.24) is 10.2 Å². The number of hydrogen-bond acceptors (Lipinski definition) is 2. The molecule has 19 heavy (non-hydrogen) atoms. The number of rotatable bonds is 4. The molecule has 0 saturated carbocycles. The van der Waals surface area contributed by atoms with Gasteiger partial charge < -0.3 is 10.2 Å². The van der Waals surface area contributed by atoms with Crippen molar-refractivity contribution in [2.24, 2.45) is 0 Å². The van der Waals surface area contributed by atoms with Crippen molar-refractivity contribution < 1.29 is 4.79 Å². The van der Waals surface area contributed by atoms with Crippen LogP contribution in [-0.4, -0.2) is 36.5 Å². The monoisotopic (exact) mass is 372 g/mol. The first-order valence-electron chi connectivity index (χ1n) is 7.00. The smallest absolute Gasteiger partial charge is 0.255 e. The Morgan fingerprint density at radius 2 is 2.05 bits per heavy atom. The molecule has 0 aliphatic carbocycles. The summed E-state index contributed by atoms with van der Waals surface area (Å²) in [5.74, 6) is 0.193. The van der Waals surface area contributed by atoms with Crippen LogP contribution in [0.1, 0.15) is 36.5 Å². The molecule has 1 aliphatic rings. The van der Waals surface area contributed by atoms with Crippen LogP contribution in [0.25, 0.3) is 0 Å². The van der Waals surface area contributed by atoms with Crippen LogP contribution < -0.4 is 5.32 Å². The second-order valence-electron chi connectivity index (χ2n) is 4.96. The molecule has 1 aromatic rings. The Hall–Kier alpha value is -0.620. The molecule has 1 aliphatic heterocycles. The molecule has 1 saturated heterocycles. The highest BCUT2D eigenvalue weighted by Gasteiger charge is 2.26. The van der Waals surface area contributed by atoms with E-state index in [1.54, 1.807) is 0 Å². The number of nitrogens with zero attached hydrogens (tertiary/aromatic N) is 1. The molecule has 0 atom stereocenters. The highest BCUT2D eigenvalue weighted by molar-refractivity contribution is 14.1. The molecule has 0 spiro atoms. The molecule has 1 aromatic carbocycles. The van der Waals surface area contributed by atoms with E-state index in [0.29, 0.717) is 6.04 Å². The van der Waals surface area contributed by atoms with Crippen molar-refractivity contribution in [3.63, 3.8) is 0 Å². The van der Waals surface area contributed by atoms with Crippen LogP contribution >= 0.6 is 22.6 Å². The van der Waals surface area contributed by atoms with Crippen molar-refractivity contribution in [3.05, 3.63) is 33.4 Å². The Morgan fingerprint density at radius 3 is 2.68 bits per heavy atom. The third-order valence-electron chi connectivity index (χ3n) is 3.58. The van der Waals surface area contributed by atoms with Gasteiger partial charge in [0.1, 0.15) is 0 Å². The van der Waals surface area contributed by atoms with E-state index in [4.69, 9.17) is 0 Å². The first-order valence-corrected chi connectivity index (χ1v) is 8.08. The molecule has 4 heteroatoms. The van der Waals surface area contributed by atoms with E-state index in [9.17, 15) is 4.79 Å². The number of benzene rings is 1. The highest BCUT2D eigenvalue weighted by atomic mass is 127. The van der Waals surface area contributed by atoms with Crippen molar-refractivity contribution in [3.8, 4) is 0 Å². The molecule has 3 nitrogen and oxygen atoms in total. The third-order valence-corrected chi connectivity index (χ3v) is 4.52. The quantitative estimate of drug-likeness (QED) is 0.825. The molecular weight excluding hydrogens is 351 g/mol. The number of hydrogen-bond donors (Lipinski definition) is 1. The summed E-state index contributed by atoms with van der Waals surface area (Å²) in [6.45, 7) is 5.03. The lowest BCUT2D eigenvalue weighted by atomic mass is 10.0. The zero-order chi connectivity index (χ0) is 13.7. The summed E-state index contributed by atoms with van der Waals surface area (Å²) < 4.78 is 1.04. The fourth-order valence-electron chi connectivity index (χ4n) is 2.60. The topological polar surface area (TPSA) is 32.3 Å². The van der Waals surface area contributed by atoms with Crippen molar-refractivity contribution >= 4 is 28.5 Å². The molecule has 104 valence electrons. The largest absolute Gasteiger partial charge is 0.336 e. The van der Waals surface area contributed by atoms with Crippen molar-refractivity contribution in [2.45, 2.75) is 32.2 Å². The van der Waals surface area contributed by atoms with Gasteiger partial charge in [-0.2, -0.15) is 0 Å². The SMILES string of the molecule is CCCN(C(=O)c1ccccc1I)C1CCNCC1. The Morgan fingerprint density at radius 1 is 1.37 bits per heavy atom. The maximum atomic E-state index is 12.8. The van der Waals surface area contributed by atoms with E-state index in [1.165, 1.54) is 0 Å². The van der Waals surface area contributed by atoms with Gasteiger partial charge in [-0.05, 0) is 67.1 Å². The first-order chi connectivity index (χ1) is 9.24. The average molecular weight is 372 g/mol. The van der Waals surface area contributed by atoms with Gasteiger partial charge in [0.2, 0.25) is 0 Å². The maximum absolute atomic E-state index is 12.8. The van der Waals surface area contributed by atoms with Gasteiger partial charge in [-0.3, -0.25) is 4.79 Å². The lowest BCUT2D eigenvalue weighted by molar-refractivity contribution is 0.0641. The summed E-state index contributed by atoms with van der Waals surface area (Å²) in [6.07, 6.45) is 3.14. The zero-order valence-corrected chi connectivity index (χ0v) is 13.5. The van der Waals surface area contributed by atoms with Gasteiger partial charge in [0.15, 0.2) is 0 Å². The highest BCUT2D eigenvalue weighted by Crippen LogP contribution is 2.19. The summed E-state index contributed by atoms with van der Waals surface area (Å²) >= 11 is 2.25. The fraction of sp³-hybridized carbons (Fsp3) is 0.533. The van der Waals surface area contributed by atoms with Crippen molar-refractivity contribution in [2.75, 3.05) is 19.6 Å². The van der Waals surface area contributed by atoms with E-state index in [2.05, 4.69) is 39.7 Å². The van der Waals surface area contributed by atoms with E-state index in [1.807, 2.05) is 24.3 Å². The fourth-order valence-corrected chi connectivity index (χ4v) is 3.22. The van der Waals surface area contributed by atoms with Crippen LogP contribution in [0.3, 0.4) is 0 Å². The Labute approximate surface area is 128 Å². The Kier molecular flexibility index (Phi) is 5.63. The second kappa shape index (κ2) is 7.24. The van der Waals surface area contributed by atoms with Crippen LogP contribution in [0.5, 0.6) is 0 Å². The summed E-state index contributed by atoms with van der Waals surface area (Å²) in [6, 6.07) is 8.26. The lowest BCUT2D eigenvalue weighted by Crippen LogP contribution is -2.46. The maximum Gasteiger partial charge on any atom is 0.255 e. The minimum Gasteiger partial charge on any atom is -0.336 e. The molecule has 1 N–H and O–H groups in total. The van der Waals surface area contributed by atoms with Gasteiger partial charge in [-0.25, -0.2) is 0 Å². The molecule has 0 bridgehead atoms. The van der Waals surface area contributed by atoms with Gasteiger partial charge in [-0.1, -0.05) is 19.1 Å². The van der Waals surface area contributed by atoms with Gasteiger partial charge in [0.05, 0.1) is 5.56 Å². The molecule has 0 aromatic heterocycles. The zero-order valence-electron chi connectivity index (χ0n) is 11.4. The molecular formula is C15H21IN2O. The number of amides is 1. The number of nitrogens with one attached hydrogen (secondary N) is 1. The number of halogens is 1. The molecule has 1 fully saturated rings. The lowest BCUT2D eigenvalue weighted by Gasteiger charge is -2.34. The van der Waals surface area contributed by atoms with E-state index in [0.717, 1.165) is 48.0 Å². The van der Waals surface area contributed by atoms with Crippen LogP contribution in [0.2, 0.25) is 0 Å². The van der Waals surface area contributed by atoms with E-state index < -0.39 is 0 Å². The minimum atomic E-state index is 0.193. The molecule has 2 rings (SSSR count). The molecule has 1 heterocycles. The number of piperidine rings is 1. The normalized spacial score (nSPS) is 16.3. The Bertz CT molecular complexity index is 430. The first kappa shape index (κ1) is 14.8. The van der Waals surface area contributed by atoms with Crippen molar-refractivity contribution in [1.29, 1.82) is 0 Å². The summed E-state index contributed by atoms with van der Waals surface area (Å²) in [7, 11) is 0. The minimum absolute atomic E-state index is 0.193. The molecule has 1 amide bonds. The molecule has 0 radical (unpaired) electrons. The summed E-state index contributed by atoms with van der Waals surface area (Å²) in [4.78, 5) is 14.8. The van der Waals surface area contributed by atoms with Crippen LogP contribution in [-0.2, 0) is 0 Å². The predicted molar refractivity (Wildman–Crippen MR) is 86.4 cm³/mol. The van der Waals surface area contributed by atoms with Gasteiger partial charge in [-0.15, -0.1) is 0 Å². The van der Waals surface area contributed by atoms with E-state index >= 15 is 0 Å². The van der Waals surface area contributed by atoms with Gasteiger partial charge >= 0.3 is 0 Å². The van der Waals surface area contributed by atoms with Crippen LogP contribution in [0.15, 0.2) is 24.3 Å². The predicted octanol–water partition coefficient (Wildman–Crippen LogP) is 2.90. The average Bonchev–Trinajstić information content (AvgIpc) is 2.45. The second-order valence-corrected chi connectivity index (χ2v) is 6.12.